The fourth-order valence-corrected chi connectivity index (χ4v) is 3.57. The predicted molar refractivity (Wildman–Crippen MR) is 64.7 cm³/mol. The van der Waals surface area contributed by atoms with Crippen LogP contribution >= 0.6 is 0 Å². The Morgan fingerprint density at radius 3 is 2.78 bits per heavy atom. The molecule has 0 radical (unpaired) electrons. The molecule has 0 saturated carbocycles. The average Bonchev–Trinajstić information content (AvgIpc) is 2.69. The van der Waals surface area contributed by atoms with Crippen LogP contribution in [0.4, 0.5) is 0 Å². The summed E-state index contributed by atoms with van der Waals surface area (Å²) in [5, 5.41) is 3.66. The van der Waals surface area contributed by atoms with E-state index in [1.807, 2.05) is 0 Å². The molecule has 1 atom stereocenters. The van der Waals surface area contributed by atoms with Gasteiger partial charge in [0.15, 0.2) is 5.76 Å². The number of nitrogens with zero attached hydrogens (tertiary/aromatic N) is 1. The molecule has 6 nitrogen and oxygen atoms in total. The maximum absolute atomic E-state index is 12.1. The Morgan fingerprint density at radius 2 is 2.22 bits per heavy atom. The molecular formula is C11H18N2O4S. The van der Waals surface area contributed by atoms with Crippen LogP contribution in [0.15, 0.2) is 9.42 Å². The third-order valence-corrected chi connectivity index (χ3v) is 4.72. The molecule has 102 valence electrons. The van der Waals surface area contributed by atoms with E-state index in [1.165, 1.54) is 0 Å². The summed E-state index contributed by atoms with van der Waals surface area (Å²) in [5.74, 6) is 0.564. The Morgan fingerprint density at radius 1 is 1.44 bits per heavy atom. The van der Waals surface area contributed by atoms with Crippen molar-refractivity contribution >= 4 is 10.0 Å². The van der Waals surface area contributed by atoms with Gasteiger partial charge < -0.3 is 9.26 Å². The van der Waals surface area contributed by atoms with Crippen molar-refractivity contribution in [3.63, 3.8) is 0 Å². The highest BCUT2D eigenvalue weighted by Crippen LogP contribution is 2.19. The summed E-state index contributed by atoms with van der Waals surface area (Å²) in [6.45, 7) is 5.00. The van der Waals surface area contributed by atoms with Crippen molar-refractivity contribution in [1.82, 2.24) is 9.88 Å². The molecule has 2 rings (SSSR count). The molecule has 1 saturated heterocycles. The van der Waals surface area contributed by atoms with E-state index in [4.69, 9.17) is 9.26 Å². The summed E-state index contributed by atoms with van der Waals surface area (Å²) in [4.78, 5) is 0.152. The van der Waals surface area contributed by atoms with Gasteiger partial charge in [-0.05, 0) is 32.6 Å². The van der Waals surface area contributed by atoms with Gasteiger partial charge in [-0.2, -0.15) is 0 Å². The van der Waals surface area contributed by atoms with Gasteiger partial charge in [0.1, 0.15) is 10.6 Å². The lowest BCUT2D eigenvalue weighted by Gasteiger charge is -2.22. The standard InChI is InChI=1S/C11H18N2O4S/c1-8-11(9(2)17-13-8)18(14,15)12-6-10-4-3-5-16-7-10/h10,12H,3-7H2,1-2H3/t10-/m1/s1. The zero-order valence-corrected chi connectivity index (χ0v) is 11.4. The zero-order chi connectivity index (χ0) is 13.2. The van der Waals surface area contributed by atoms with Crippen LogP contribution in [-0.4, -0.2) is 33.3 Å². The molecule has 0 unspecified atom stereocenters. The number of ether oxygens (including phenoxy) is 1. The molecule has 1 fully saturated rings. The predicted octanol–water partition coefficient (Wildman–Crippen LogP) is 0.996. The molecule has 0 aliphatic carbocycles. The van der Waals surface area contributed by atoms with Crippen molar-refractivity contribution in [2.75, 3.05) is 19.8 Å². The minimum absolute atomic E-state index is 0.152. The van der Waals surface area contributed by atoms with Crippen LogP contribution in [0.1, 0.15) is 24.3 Å². The molecule has 7 heteroatoms. The van der Waals surface area contributed by atoms with Crippen molar-refractivity contribution in [3.05, 3.63) is 11.5 Å². The Hall–Kier alpha value is -0.920. The second kappa shape index (κ2) is 5.38. The summed E-state index contributed by atoms with van der Waals surface area (Å²) in [7, 11) is -3.54. The van der Waals surface area contributed by atoms with Gasteiger partial charge in [-0.1, -0.05) is 5.16 Å². The minimum Gasteiger partial charge on any atom is -0.381 e. The third-order valence-electron chi connectivity index (χ3n) is 3.05. The second-order valence-corrected chi connectivity index (χ2v) is 6.29. The van der Waals surface area contributed by atoms with Crippen molar-refractivity contribution in [2.45, 2.75) is 31.6 Å². The van der Waals surface area contributed by atoms with Crippen LogP contribution in [0.5, 0.6) is 0 Å². The molecule has 2 heterocycles. The van der Waals surface area contributed by atoms with E-state index in [2.05, 4.69) is 9.88 Å². The van der Waals surface area contributed by atoms with Crippen molar-refractivity contribution in [3.8, 4) is 0 Å². The van der Waals surface area contributed by atoms with Crippen LogP contribution in [0.3, 0.4) is 0 Å². The van der Waals surface area contributed by atoms with E-state index in [0.717, 1.165) is 19.4 Å². The maximum Gasteiger partial charge on any atom is 0.245 e. The Labute approximate surface area is 107 Å². The molecule has 0 amide bonds. The lowest BCUT2D eigenvalue weighted by atomic mass is 10.0. The molecule has 1 aromatic heterocycles. The molecule has 0 aromatic carbocycles. The summed E-state index contributed by atoms with van der Waals surface area (Å²) in [6, 6.07) is 0. The minimum atomic E-state index is -3.54. The van der Waals surface area contributed by atoms with Crippen LogP contribution in [-0.2, 0) is 14.8 Å². The van der Waals surface area contributed by atoms with E-state index in [1.54, 1.807) is 13.8 Å². The summed E-state index contributed by atoms with van der Waals surface area (Å²) < 4.78 is 37.1. The highest BCUT2D eigenvalue weighted by atomic mass is 32.2. The average molecular weight is 274 g/mol. The molecular weight excluding hydrogens is 256 g/mol. The van der Waals surface area contributed by atoms with Crippen molar-refractivity contribution < 1.29 is 17.7 Å². The van der Waals surface area contributed by atoms with Gasteiger partial charge in [-0.3, -0.25) is 0 Å². The molecule has 1 N–H and O–H groups in total. The lowest BCUT2D eigenvalue weighted by Crippen LogP contribution is -2.33. The monoisotopic (exact) mass is 274 g/mol. The summed E-state index contributed by atoms with van der Waals surface area (Å²) in [5.41, 5.74) is 0.389. The molecule has 0 bridgehead atoms. The van der Waals surface area contributed by atoms with Gasteiger partial charge in [0.2, 0.25) is 10.0 Å². The molecule has 1 aromatic rings. The largest absolute Gasteiger partial charge is 0.381 e. The first-order valence-electron chi connectivity index (χ1n) is 6.01. The van der Waals surface area contributed by atoms with E-state index < -0.39 is 10.0 Å². The third kappa shape index (κ3) is 2.90. The Kier molecular flexibility index (Phi) is 4.04. The van der Waals surface area contributed by atoms with E-state index >= 15 is 0 Å². The van der Waals surface area contributed by atoms with Gasteiger partial charge in [0.05, 0.1) is 6.61 Å². The van der Waals surface area contributed by atoms with E-state index in [-0.39, 0.29) is 10.8 Å². The number of nitrogens with one attached hydrogen (secondary N) is 1. The van der Waals surface area contributed by atoms with E-state index in [0.29, 0.717) is 24.6 Å². The Bertz CT molecular complexity index is 484. The molecule has 1 aliphatic rings. The van der Waals surface area contributed by atoms with Crippen LogP contribution in [0.2, 0.25) is 0 Å². The number of hydrogen-bond donors (Lipinski definition) is 1. The van der Waals surface area contributed by atoms with Gasteiger partial charge in [-0.25, -0.2) is 13.1 Å². The van der Waals surface area contributed by atoms with Gasteiger partial charge >= 0.3 is 0 Å². The first-order chi connectivity index (χ1) is 8.50. The van der Waals surface area contributed by atoms with Gasteiger partial charge in [0.25, 0.3) is 0 Å². The Balaban J connectivity index is 2.03. The van der Waals surface area contributed by atoms with E-state index in [9.17, 15) is 8.42 Å². The quantitative estimate of drug-likeness (QED) is 0.885. The number of sulfonamides is 1. The highest BCUT2D eigenvalue weighted by Gasteiger charge is 2.25. The number of aryl methyl sites for hydroxylation is 2. The van der Waals surface area contributed by atoms with Crippen molar-refractivity contribution in [2.24, 2.45) is 5.92 Å². The van der Waals surface area contributed by atoms with Crippen LogP contribution < -0.4 is 4.72 Å². The normalized spacial score (nSPS) is 21.1. The molecule has 18 heavy (non-hydrogen) atoms. The topological polar surface area (TPSA) is 81.4 Å². The maximum atomic E-state index is 12.1. The fourth-order valence-electron chi connectivity index (χ4n) is 2.13. The van der Waals surface area contributed by atoms with Crippen LogP contribution in [0.25, 0.3) is 0 Å². The first-order valence-corrected chi connectivity index (χ1v) is 7.49. The van der Waals surface area contributed by atoms with Crippen LogP contribution in [0, 0.1) is 19.8 Å². The summed E-state index contributed by atoms with van der Waals surface area (Å²) >= 11 is 0. The smallest absolute Gasteiger partial charge is 0.245 e. The van der Waals surface area contributed by atoms with Gasteiger partial charge in [-0.15, -0.1) is 0 Å². The number of hydrogen-bond acceptors (Lipinski definition) is 5. The summed E-state index contributed by atoms with van der Waals surface area (Å²) in [6.07, 6.45) is 1.97. The highest BCUT2D eigenvalue weighted by molar-refractivity contribution is 7.89. The number of rotatable bonds is 4. The van der Waals surface area contributed by atoms with Crippen molar-refractivity contribution in [1.29, 1.82) is 0 Å². The fraction of sp³-hybridized carbons (Fsp3) is 0.727. The lowest BCUT2D eigenvalue weighted by molar-refractivity contribution is 0.0568. The first kappa shape index (κ1) is 13.5. The number of aromatic nitrogens is 1. The second-order valence-electron chi connectivity index (χ2n) is 4.59. The molecule has 1 aliphatic heterocycles. The SMILES string of the molecule is Cc1noc(C)c1S(=O)(=O)NC[C@H]1CCCOC1. The van der Waals surface area contributed by atoms with Gasteiger partial charge in [0, 0.05) is 13.2 Å². The molecule has 0 spiro atoms. The zero-order valence-electron chi connectivity index (χ0n) is 10.6.